The third-order valence-electron chi connectivity index (χ3n) is 5.76. The van der Waals surface area contributed by atoms with Gasteiger partial charge >= 0.3 is 15.5 Å². The summed E-state index contributed by atoms with van der Waals surface area (Å²) in [7, 11) is -7.44. The second-order valence-corrected chi connectivity index (χ2v) is 15.7. The highest BCUT2D eigenvalue weighted by Crippen LogP contribution is 2.44. The molecule has 0 saturated heterocycles. The van der Waals surface area contributed by atoms with Crippen LogP contribution in [0.25, 0.3) is 0 Å². The van der Waals surface area contributed by atoms with Crippen LogP contribution in [0, 0.1) is 0 Å². The van der Waals surface area contributed by atoms with E-state index < -0.39 is 23.8 Å². The van der Waals surface area contributed by atoms with Crippen LogP contribution in [-0.4, -0.2) is 30.7 Å². The number of aromatic nitrogens is 1. The first kappa shape index (κ1) is 22.8. The molecule has 0 aliphatic carbocycles. The maximum Gasteiger partial charge on any atom is 0.517 e. The average molecular weight is 435 g/mol. The lowest BCUT2D eigenvalue weighted by atomic mass is 10.1. The van der Waals surface area contributed by atoms with E-state index in [1.165, 1.54) is 12.2 Å². The van der Waals surface area contributed by atoms with E-state index in [9.17, 15) is 21.6 Å². The number of hydrogen-bond acceptors (Lipinski definition) is 2. The SMILES string of the molecule is CC(C)[Si](C(C)C)(C(C)C)n1cccc1C1C=CN(S(=O)(=O)C(F)(F)F)C=C1. The number of rotatable bonds is 6. The summed E-state index contributed by atoms with van der Waals surface area (Å²) < 4.78 is 64.1. The van der Waals surface area contributed by atoms with Crippen LogP contribution >= 0.6 is 0 Å². The van der Waals surface area contributed by atoms with Crippen LogP contribution in [0.5, 0.6) is 0 Å². The second-order valence-electron chi connectivity index (χ2n) is 8.14. The molecule has 0 N–H and O–H groups in total. The van der Waals surface area contributed by atoms with Crippen molar-refractivity contribution in [1.29, 1.82) is 0 Å². The van der Waals surface area contributed by atoms with Crippen molar-refractivity contribution >= 4 is 18.3 Å². The van der Waals surface area contributed by atoms with E-state index in [0.29, 0.717) is 16.6 Å². The zero-order chi connectivity index (χ0) is 21.5. The molecular weight excluding hydrogens is 405 g/mol. The van der Waals surface area contributed by atoms with Gasteiger partial charge in [-0.25, -0.2) is 4.31 Å². The molecule has 0 aromatic carbocycles. The molecule has 0 amide bonds. The van der Waals surface area contributed by atoms with Crippen LogP contribution in [0.4, 0.5) is 13.2 Å². The third kappa shape index (κ3) is 3.58. The first-order valence-corrected chi connectivity index (χ1v) is 13.0. The maximum absolute atomic E-state index is 12.8. The van der Waals surface area contributed by atoms with Crippen LogP contribution in [0.3, 0.4) is 0 Å². The van der Waals surface area contributed by atoms with Gasteiger partial charge in [-0.3, -0.25) is 0 Å². The minimum absolute atomic E-state index is 0.231. The molecule has 0 unspecified atom stereocenters. The molecule has 0 radical (unpaired) electrons. The van der Waals surface area contributed by atoms with Gasteiger partial charge in [0.1, 0.15) is 0 Å². The third-order valence-corrected chi connectivity index (χ3v) is 13.9. The molecule has 0 spiro atoms. The van der Waals surface area contributed by atoms with Crippen LogP contribution in [0.2, 0.25) is 16.6 Å². The van der Waals surface area contributed by atoms with Crippen molar-refractivity contribution < 1.29 is 21.6 Å². The predicted octanol–water partition coefficient (Wildman–Crippen LogP) is 5.79. The van der Waals surface area contributed by atoms with E-state index in [1.807, 2.05) is 12.1 Å². The molecule has 1 aromatic rings. The van der Waals surface area contributed by atoms with Gasteiger partial charge < -0.3 is 4.23 Å². The first-order valence-electron chi connectivity index (χ1n) is 9.42. The van der Waals surface area contributed by atoms with E-state index in [4.69, 9.17) is 0 Å². The minimum atomic E-state index is -5.41. The smallest absolute Gasteiger partial charge is 0.376 e. The Bertz CT molecular complexity index is 819. The fourth-order valence-corrected chi connectivity index (χ4v) is 12.2. The topological polar surface area (TPSA) is 42.3 Å². The molecule has 2 heterocycles. The van der Waals surface area contributed by atoms with Gasteiger partial charge in [-0.05, 0) is 35.0 Å². The Labute approximate surface area is 166 Å². The summed E-state index contributed by atoms with van der Waals surface area (Å²) in [6, 6.07) is 3.94. The Hall–Kier alpha value is -1.48. The Morgan fingerprint density at radius 2 is 1.43 bits per heavy atom. The van der Waals surface area contributed by atoms with Gasteiger partial charge in [0.15, 0.2) is 8.24 Å². The molecule has 0 bridgehead atoms. The number of allylic oxidation sites excluding steroid dienone is 2. The highest BCUT2D eigenvalue weighted by Gasteiger charge is 2.49. The molecule has 4 nitrogen and oxygen atoms in total. The van der Waals surface area contributed by atoms with Gasteiger partial charge in [-0.15, -0.1) is 0 Å². The fraction of sp³-hybridized carbons (Fsp3) is 0.579. The molecule has 0 fully saturated rings. The van der Waals surface area contributed by atoms with E-state index in [-0.39, 0.29) is 10.2 Å². The van der Waals surface area contributed by atoms with Gasteiger partial charge in [0.2, 0.25) is 0 Å². The van der Waals surface area contributed by atoms with Crippen molar-refractivity contribution in [2.24, 2.45) is 0 Å². The molecule has 9 heteroatoms. The largest absolute Gasteiger partial charge is 0.517 e. The zero-order valence-electron chi connectivity index (χ0n) is 17.1. The number of alkyl halides is 3. The molecule has 28 heavy (non-hydrogen) atoms. The summed E-state index contributed by atoms with van der Waals surface area (Å²) in [5.74, 6) is -0.280. The van der Waals surface area contributed by atoms with E-state index >= 15 is 0 Å². The van der Waals surface area contributed by atoms with Gasteiger partial charge in [0.25, 0.3) is 0 Å². The summed E-state index contributed by atoms with van der Waals surface area (Å²) >= 11 is 0. The normalized spacial score (nSPS) is 16.8. The highest BCUT2D eigenvalue weighted by molar-refractivity contribution is 7.90. The number of nitrogens with zero attached hydrogens (tertiary/aromatic N) is 2. The van der Waals surface area contributed by atoms with Crippen molar-refractivity contribution in [3.63, 3.8) is 0 Å². The Morgan fingerprint density at radius 3 is 1.82 bits per heavy atom. The minimum Gasteiger partial charge on any atom is -0.376 e. The van der Waals surface area contributed by atoms with E-state index in [1.54, 1.807) is 0 Å². The number of hydrogen-bond donors (Lipinski definition) is 0. The van der Waals surface area contributed by atoms with Gasteiger partial charge in [0.05, 0.1) is 0 Å². The van der Waals surface area contributed by atoms with Crippen molar-refractivity contribution in [3.05, 3.63) is 48.6 Å². The van der Waals surface area contributed by atoms with Gasteiger partial charge in [0, 0.05) is 24.0 Å². The van der Waals surface area contributed by atoms with Crippen LogP contribution < -0.4 is 0 Å². The van der Waals surface area contributed by atoms with E-state index in [2.05, 4.69) is 52.0 Å². The monoisotopic (exact) mass is 434 g/mol. The van der Waals surface area contributed by atoms with Crippen LogP contribution in [-0.2, 0) is 10.0 Å². The number of halogens is 3. The molecule has 1 aromatic heterocycles. The summed E-state index contributed by atoms with van der Waals surface area (Å²) in [6.45, 7) is 13.4. The van der Waals surface area contributed by atoms with Crippen molar-refractivity contribution in [3.8, 4) is 0 Å². The predicted molar refractivity (Wildman–Crippen MR) is 109 cm³/mol. The summed E-state index contributed by atoms with van der Waals surface area (Å²) in [4.78, 5) is 0. The highest BCUT2D eigenvalue weighted by atomic mass is 32.2. The molecule has 1 aliphatic rings. The van der Waals surface area contributed by atoms with Crippen molar-refractivity contribution in [1.82, 2.24) is 8.54 Å². The molecular formula is C19H29F3N2O2SSi. The molecule has 1 aliphatic heterocycles. The molecule has 0 atom stereocenters. The molecule has 158 valence electrons. The summed E-state index contributed by atoms with van der Waals surface area (Å²) in [6.07, 6.45) is 7.08. The van der Waals surface area contributed by atoms with E-state index in [0.717, 1.165) is 18.1 Å². The molecule has 2 rings (SSSR count). The first-order chi connectivity index (χ1) is 12.8. The maximum atomic E-state index is 12.8. The number of sulfonamides is 1. The zero-order valence-corrected chi connectivity index (χ0v) is 18.9. The standard InChI is InChI=1S/C19H29F3N2O2SSi/c1-14(2)28(15(3)4,16(5)6)24-11-7-8-18(24)17-9-12-23(13-10-17)27(25,26)19(20,21)22/h7-17H,1-6H3. The van der Waals surface area contributed by atoms with Crippen LogP contribution in [0.1, 0.15) is 53.2 Å². The van der Waals surface area contributed by atoms with Gasteiger partial charge in [-0.1, -0.05) is 53.7 Å². The quantitative estimate of drug-likeness (QED) is 0.532. The lowest BCUT2D eigenvalue weighted by Crippen LogP contribution is -2.52. The Morgan fingerprint density at radius 1 is 0.964 bits per heavy atom. The van der Waals surface area contributed by atoms with Crippen LogP contribution in [0.15, 0.2) is 42.9 Å². The Kier molecular flexibility index (Phi) is 6.30. The molecule has 0 saturated carbocycles. The van der Waals surface area contributed by atoms with Gasteiger partial charge in [-0.2, -0.15) is 21.6 Å². The summed E-state index contributed by atoms with van der Waals surface area (Å²) in [5, 5.41) is 0. The average Bonchev–Trinajstić information content (AvgIpc) is 3.03. The fourth-order valence-electron chi connectivity index (χ4n) is 4.80. The summed E-state index contributed by atoms with van der Waals surface area (Å²) in [5.41, 5.74) is -2.98. The lowest BCUT2D eigenvalue weighted by Gasteiger charge is -2.45. The van der Waals surface area contributed by atoms with Crippen molar-refractivity contribution in [2.45, 2.75) is 69.6 Å². The van der Waals surface area contributed by atoms with Crippen molar-refractivity contribution in [2.75, 3.05) is 0 Å². The Balaban J connectivity index is 2.46. The lowest BCUT2D eigenvalue weighted by molar-refractivity contribution is -0.0468. The second kappa shape index (κ2) is 7.74.